The molecule has 1 aliphatic rings. The number of amides is 4. The zero-order valence-electron chi connectivity index (χ0n) is 15.3. The van der Waals surface area contributed by atoms with Crippen LogP contribution in [0.2, 0.25) is 0 Å². The number of carbonyl (C=O) groups is 4. The van der Waals surface area contributed by atoms with E-state index in [1.165, 1.54) is 43.5 Å². The molecule has 4 amide bonds. The molecular formula is C20H17N3O6. The molecule has 29 heavy (non-hydrogen) atoms. The Morgan fingerprint density at radius 3 is 2.28 bits per heavy atom. The predicted octanol–water partition coefficient (Wildman–Crippen LogP) is 2.22. The van der Waals surface area contributed by atoms with Crippen molar-refractivity contribution in [2.75, 3.05) is 17.3 Å². The van der Waals surface area contributed by atoms with E-state index in [9.17, 15) is 19.2 Å². The molecule has 3 rings (SSSR count). The van der Waals surface area contributed by atoms with Crippen LogP contribution in [0.5, 0.6) is 5.75 Å². The molecule has 148 valence electrons. The Balaban J connectivity index is 1.82. The monoisotopic (exact) mass is 395 g/mol. The van der Waals surface area contributed by atoms with Crippen LogP contribution in [0.1, 0.15) is 10.4 Å². The largest absolute Gasteiger partial charge is 0.497 e. The standard InChI is InChI=1S/C20H17N3O6/c1-11(21-13-5-3-12(4-6-13)19(26)27)16-17(24)22-20(28)23(18(16)25)14-7-9-15(29-2)10-8-14/h3-10,16,21H,1H2,2H3,(H,26,27)(H,22,24,28)/t16-/m1/s1. The van der Waals surface area contributed by atoms with Gasteiger partial charge in [0.15, 0.2) is 5.92 Å². The Kier molecular flexibility index (Phi) is 5.31. The van der Waals surface area contributed by atoms with Crippen LogP contribution in [0.3, 0.4) is 0 Å². The minimum absolute atomic E-state index is 0.0431. The number of nitrogens with zero attached hydrogens (tertiary/aromatic N) is 1. The van der Waals surface area contributed by atoms with E-state index in [0.717, 1.165) is 4.90 Å². The number of carboxylic acids is 1. The zero-order valence-corrected chi connectivity index (χ0v) is 15.3. The number of anilines is 2. The number of ether oxygens (including phenoxy) is 1. The Labute approximate surface area is 165 Å². The maximum atomic E-state index is 12.9. The molecular weight excluding hydrogens is 378 g/mol. The van der Waals surface area contributed by atoms with Gasteiger partial charge >= 0.3 is 12.0 Å². The van der Waals surface area contributed by atoms with Gasteiger partial charge in [0.1, 0.15) is 5.75 Å². The Morgan fingerprint density at radius 1 is 1.10 bits per heavy atom. The van der Waals surface area contributed by atoms with Crippen LogP contribution in [0.15, 0.2) is 60.8 Å². The molecule has 1 heterocycles. The van der Waals surface area contributed by atoms with Crippen LogP contribution in [0.25, 0.3) is 0 Å². The maximum Gasteiger partial charge on any atom is 0.335 e. The van der Waals surface area contributed by atoms with Crippen LogP contribution in [-0.4, -0.2) is 36.0 Å². The average molecular weight is 395 g/mol. The molecule has 9 nitrogen and oxygen atoms in total. The first kappa shape index (κ1) is 19.6. The fourth-order valence-electron chi connectivity index (χ4n) is 2.81. The van der Waals surface area contributed by atoms with Crippen molar-refractivity contribution in [3.05, 3.63) is 66.4 Å². The highest BCUT2D eigenvalue weighted by Crippen LogP contribution is 2.26. The molecule has 0 saturated carbocycles. The molecule has 0 spiro atoms. The first-order valence-electron chi connectivity index (χ1n) is 8.44. The van der Waals surface area contributed by atoms with Crippen molar-refractivity contribution in [2.24, 2.45) is 5.92 Å². The molecule has 1 saturated heterocycles. The predicted molar refractivity (Wildman–Crippen MR) is 104 cm³/mol. The van der Waals surface area contributed by atoms with Gasteiger partial charge in [0.2, 0.25) is 5.91 Å². The minimum Gasteiger partial charge on any atom is -0.497 e. The quantitative estimate of drug-likeness (QED) is 0.641. The summed E-state index contributed by atoms with van der Waals surface area (Å²) in [5.41, 5.74) is 0.837. The third-order valence-corrected chi connectivity index (χ3v) is 4.28. The van der Waals surface area contributed by atoms with E-state index in [0.29, 0.717) is 11.4 Å². The number of rotatable bonds is 6. The van der Waals surface area contributed by atoms with Crippen molar-refractivity contribution in [3.63, 3.8) is 0 Å². The number of benzene rings is 2. The van der Waals surface area contributed by atoms with Gasteiger partial charge in [-0.15, -0.1) is 0 Å². The fraction of sp³-hybridized carbons (Fsp3) is 0.100. The molecule has 2 aromatic rings. The molecule has 0 radical (unpaired) electrons. The van der Waals surface area contributed by atoms with Crippen molar-refractivity contribution in [1.82, 2.24) is 5.32 Å². The van der Waals surface area contributed by atoms with Gasteiger partial charge in [0.25, 0.3) is 5.91 Å². The maximum absolute atomic E-state index is 12.9. The van der Waals surface area contributed by atoms with Crippen LogP contribution >= 0.6 is 0 Å². The van der Waals surface area contributed by atoms with E-state index in [4.69, 9.17) is 9.84 Å². The number of hydrogen-bond donors (Lipinski definition) is 3. The van der Waals surface area contributed by atoms with Crippen molar-refractivity contribution in [2.45, 2.75) is 0 Å². The molecule has 1 fully saturated rings. The second kappa shape index (κ2) is 7.85. The Bertz CT molecular complexity index is 998. The highest BCUT2D eigenvalue weighted by atomic mass is 16.5. The minimum atomic E-state index is -1.35. The molecule has 0 unspecified atom stereocenters. The van der Waals surface area contributed by atoms with Crippen molar-refractivity contribution >= 4 is 35.2 Å². The lowest BCUT2D eigenvalue weighted by molar-refractivity contribution is -0.132. The van der Waals surface area contributed by atoms with Crippen LogP contribution in [0, 0.1) is 5.92 Å². The Hall–Kier alpha value is -4.14. The molecule has 9 heteroatoms. The van der Waals surface area contributed by atoms with Gasteiger partial charge in [-0.25, -0.2) is 14.5 Å². The lowest BCUT2D eigenvalue weighted by atomic mass is 10.0. The smallest absolute Gasteiger partial charge is 0.335 e. The number of hydrogen-bond acceptors (Lipinski definition) is 6. The topological polar surface area (TPSA) is 125 Å². The van der Waals surface area contributed by atoms with Gasteiger partial charge in [-0.05, 0) is 48.5 Å². The summed E-state index contributed by atoms with van der Waals surface area (Å²) < 4.78 is 5.06. The first-order chi connectivity index (χ1) is 13.8. The molecule has 3 N–H and O–H groups in total. The average Bonchev–Trinajstić information content (AvgIpc) is 2.68. The third kappa shape index (κ3) is 3.93. The molecule has 1 aliphatic heterocycles. The summed E-state index contributed by atoms with van der Waals surface area (Å²) in [4.78, 5) is 49.2. The number of carboxylic acid groups (broad SMARTS) is 1. The number of aromatic carboxylic acids is 1. The molecule has 0 bridgehead atoms. The van der Waals surface area contributed by atoms with E-state index in [1.54, 1.807) is 12.1 Å². The van der Waals surface area contributed by atoms with E-state index in [2.05, 4.69) is 17.2 Å². The van der Waals surface area contributed by atoms with E-state index < -0.39 is 29.7 Å². The molecule has 1 atom stereocenters. The summed E-state index contributed by atoms with van der Waals surface area (Å²) >= 11 is 0. The van der Waals surface area contributed by atoms with Gasteiger partial charge in [-0.1, -0.05) is 6.58 Å². The molecule has 2 aromatic carbocycles. The fourth-order valence-corrected chi connectivity index (χ4v) is 2.81. The third-order valence-electron chi connectivity index (χ3n) is 4.28. The van der Waals surface area contributed by atoms with E-state index in [-0.39, 0.29) is 16.9 Å². The number of urea groups is 1. The lowest BCUT2D eigenvalue weighted by Gasteiger charge is -2.31. The summed E-state index contributed by atoms with van der Waals surface area (Å²) in [6.07, 6.45) is 0. The van der Waals surface area contributed by atoms with Crippen LogP contribution in [-0.2, 0) is 9.59 Å². The molecule has 0 aromatic heterocycles. The highest BCUT2D eigenvalue weighted by molar-refractivity contribution is 6.28. The number of carbonyl (C=O) groups excluding carboxylic acids is 3. The van der Waals surface area contributed by atoms with Gasteiger partial charge in [0, 0.05) is 11.4 Å². The Morgan fingerprint density at radius 2 is 1.72 bits per heavy atom. The first-order valence-corrected chi connectivity index (χ1v) is 8.44. The summed E-state index contributed by atoms with van der Waals surface area (Å²) in [7, 11) is 1.49. The number of nitrogens with one attached hydrogen (secondary N) is 2. The lowest BCUT2D eigenvalue weighted by Crippen LogP contribution is -2.59. The van der Waals surface area contributed by atoms with Gasteiger partial charge < -0.3 is 15.2 Å². The van der Waals surface area contributed by atoms with Gasteiger partial charge in [0.05, 0.1) is 18.4 Å². The van der Waals surface area contributed by atoms with Crippen molar-refractivity contribution < 1.29 is 29.0 Å². The number of methoxy groups -OCH3 is 1. The van der Waals surface area contributed by atoms with E-state index >= 15 is 0 Å². The zero-order chi connectivity index (χ0) is 21.1. The SMILES string of the molecule is C=C(Nc1ccc(C(=O)O)cc1)[C@@H]1C(=O)NC(=O)N(c2ccc(OC)cc2)C1=O. The normalized spacial score (nSPS) is 16.2. The van der Waals surface area contributed by atoms with Crippen LogP contribution in [0.4, 0.5) is 16.2 Å². The van der Waals surface area contributed by atoms with Crippen molar-refractivity contribution in [1.29, 1.82) is 0 Å². The second-order valence-electron chi connectivity index (χ2n) is 6.13. The summed E-state index contributed by atoms with van der Waals surface area (Å²) in [5.74, 6) is -3.45. The summed E-state index contributed by atoms with van der Waals surface area (Å²) in [6.45, 7) is 3.75. The second-order valence-corrected chi connectivity index (χ2v) is 6.13. The van der Waals surface area contributed by atoms with Gasteiger partial charge in [-0.3, -0.25) is 14.9 Å². The summed E-state index contributed by atoms with van der Waals surface area (Å²) in [5, 5.41) is 13.9. The van der Waals surface area contributed by atoms with E-state index in [1.807, 2.05) is 0 Å². The van der Waals surface area contributed by atoms with Gasteiger partial charge in [-0.2, -0.15) is 0 Å². The number of imide groups is 2. The van der Waals surface area contributed by atoms with Crippen LogP contribution < -0.4 is 20.3 Å². The number of barbiturate groups is 1. The summed E-state index contributed by atoms with van der Waals surface area (Å²) in [6, 6.07) is 11.0. The molecule has 0 aliphatic carbocycles. The van der Waals surface area contributed by atoms with Crippen molar-refractivity contribution in [3.8, 4) is 5.75 Å². The highest BCUT2D eigenvalue weighted by Gasteiger charge is 2.43.